The van der Waals surface area contributed by atoms with Crippen LogP contribution in [-0.4, -0.2) is 19.1 Å². The largest absolute Gasteiger partial charge is 0.380 e. The molecule has 0 aromatic rings. The number of hydrogen-bond donors (Lipinski definition) is 0. The van der Waals surface area contributed by atoms with Crippen molar-refractivity contribution in [2.24, 2.45) is 5.92 Å². The maximum atomic E-state index is 5.40. The molecule has 56 valence electrons. The third-order valence-electron chi connectivity index (χ3n) is 1.32. The molecule has 1 nitrogen and oxygen atoms in total. The molecule has 0 rings (SSSR count). The van der Waals surface area contributed by atoms with Crippen LogP contribution < -0.4 is 0 Å². The molecular weight excluding hydrogens is 136 g/mol. The minimum atomic E-state index is 0.608. The van der Waals surface area contributed by atoms with Crippen molar-refractivity contribution in [3.63, 3.8) is 0 Å². The third kappa shape index (κ3) is 6.13. The summed E-state index contributed by atoms with van der Waals surface area (Å²) in [5.74, 6) is 1.28. The molecule has 9 heavy (non-hydrogen) atoms. The van der Waals surface area contributed by atoms with Gasteiger partial charge in [-0.25, -0.2) is 0 Å². The van der Waals surface area contributed by atoms with E-state index in [1.165, 1.54) is 6.42 Å². The van der Waals surface area contributed by atoms with Crippen molar-refractivity contribution < 1.29 is 4.74 Å². The van der Waals surface area contributed by atoms with Gasteiger partial charge in [0.25, 0.3) is 0 Å². The molecule has 0 spiro atoms. The van der Waals surface area contributed by atoms with Crippen molar-refractivity contribution >= 4 is 11.6 Å². The Hall–Kier alpha value is 0.250. The van der Waals surface area contributed by atoms with Crippen molar-refractivity contribution in [1.82, 2.24) is 0 Å². The van der Waals surface area contributed by atoms with Crippen LogP contribution in [0.2, 0.25) is 0 Å². The van der Waals surface area contributed by atoms with E-state index in [0.717, 1.165) is 6.61 Å². The summed E-state index contributed by atoms with van der Waals surface area (Å²) in [4.78, 5) is 0. The Balaban J connectivity index is 2.88. The lowest BCUT2D eigenvalue weighted by molar-refractivity contribution is 0.116. The van der Waals surface area contributed by atoms with Crippen molar-refractivity contribution in [1.29, 1.82) is 0 Å². The summed E-state index contributed by atoms with van der Waals surface area (Å²) in [6.07, 6.45) is 1.18. The standard InChI is InChI=1S/C7H15ClO/c1-3-7(2)6-9-5-4-8/h7H,3-6H2,1-2H3. The summed E-state index contributed by atoms with van der Waals surface area (Å²) < 4.78 is 5.20. The first-order valence-electron chi connectivity index (χ1n) is 3.45. The lowest BCUT2D eigenvalue weighted by atomic mass is 10.1. The first-order valence-corrected chi connectivity index (χ1v) is 3.98. The lowest BCUT2D eigenvalue weighted by Crippen LogP contribution is -2.05. The van der Waals surface area contributed by atoms with E-state index in [4.69, 9.17) is 16.3 Å². The number of hydrogen-bond acceptors (Lipinski definition) is 1. The Morgan fingerprint density at radius 2 is 2.22 bits per heavy atom. The lowest BCUT2D eigenvalue weighted by Gasteiger charge is -2.06. The van der Waals surface area contributed by atoms with Crippen LogP contribution >= 0.6 is 11.6 Å². The SMILES string of the molecule is CCC(C)COCCCl. The van der Waals surface area contributed by atoms with Gasteiger partial charge in [-0.3, -0.25) is 0 Å². The second kappa shape index (κ2) is 6.37. The molecule has 0 saturated heterocycles. The molecule has 1 unspecified atom stereocenters. The fourth-order valence-corrected chi connectivity index (χ4v) is 0.566. The minimum absolute atomic E-state index is 0.608. The maximum Gasteiger partial charge on any atom is 0.0601 e. The normalized spacial score (nSPS) is 13.7. The highest BCUT2D eigenvalue weighted by Gasteiger charge is 1.96. The molecule has 1 atom stereocenters. The molecule has 0 amide bonds. The summed E-state index contributed by atoms with van der Waals surface area (Å²) in [7, 11) is 0. The summed E-state index contributed by atoms with van der Waals surface area (Å²) in [6.45, 7) is 5.87. The average molecular weight is 151 g/mol. The second-order valence-electron chi connectivity index (χ2n) is 2.28. The molecule has 0 bridgehead atoms. The predicted molar refractivity (Wildman–Crippen MR) is 41.0 cm³/mol. The Kier molecular flexibility index (Phi) is 6.55. The first kappa shape index (κ1) is 9.25. The van der Waals surface area contributed by atoms with Gasteiger partial charge in [0.2, 0.25) is 0 Å². The van der Waals surface area contributed by atoms with Crippen molar-refractivity contribution in [2.45, 2.75) is 20.3 Å². The Bertz CT molecular complexity index is 56.9. The molecule has 0 aliphatic rings. The van der Waals surface area contributed by atoms with E-state index >= 15 is 0 Å². The van der Waals surface area contributed by atoms with Crippen molar-refractivity contribution in [2.75, 3.05) is 19.1 Å². The zero-order valence-corrected chi connectivity index (χ0v) is 6.95. The van der Waals surface area contributed by atoms with Gasteiger partial charge in [0.05, 0.1) is 6.61 Å². The third-order valence-corrected chi connectivity index (χ3v) is 1.48. The average Bonchev–Trinajstić information content (AvgIpc) is 1.89. The van der Waals surface area contributed by atoms with Gasteiger partial charge in [0, 0.05) is 12.5 Å². The van der Waals surface area contributed by atoms with Gasteiger partial charge in [0.15, 0.2) is 0 Å². The molecular formula is C7H15ClO. The van der Waals surface area contributed by atoms with Crippen LogP contribution in [0, 0.1) is 5.92 Å². The molecule has 0 fully saturated rings. The van der Waals surface area contributed by atoms with E-state index in [1.807, 2.05) is 0 Å². The van der Waals surface area contributed by atoms with E-state index < -0.39 is 0 Å². The van der Waals surface area contributed by atoms with Crippen LogP contribution in [0.1, 0.15) is 20.3 Å². The van der Waals surface area contributed by atoms with Crippen molar-refractivity contribution in [3.05, 3.63) is 0 Å². The van der Waals surface area contributed by atoms with E-state index in [-0.39, 0.29) is 0 Å². The summed E-state index contributed by atoms with van der Waals surface area (Å²) >= 11 is 5.40. The number of halogens is 1. The van der Waals surface area contributed by atoms with Gasteiger partial charge in [-0.2, -0.15) is 0 Å². The summed E-state index contributed by atoms with van der Waals surface area (Å²) in [5.41, 5.74) is 0. The smallest absolute Gasteiger partial charge is 0.0601 e. The Morgan fingerprint density at radius 1 is 1.56 bits per heavy atom. The van der Waals surface area contributed by atoms with Crippen LogP contribution in [0.15, 0.2) is 0 Å². The van der Waals surface area contributed by atoms with E-state index in [1.54, 1.807) is 0 Å². The van der Waals surface area contributed by atoms with Crippen LogP contribution in [0.4, 0.5) is 0 Å². The zero-order chi connectivity index (χ0) is 7.11. The van der Waals surface area contributed by atoms with Gasteiger partial charge in [-0.05, 0) is 5.92 Å². The quantitative estimate of drug-likeness (QED) is 0.432. The molecule has 0 aromatic heterocycles. The zero-order valence-electron chi connectivity index (χ0n) is 6.19. The maximum absolute atomic E-state index is 5.40. The summed E-state index contributed by atoms with van der Waals surface area (Å²) in [6, 6.07) is 0. The fourth-order valence-electron chi connectivity index (χ4n) is 0.457. The molecule has 0 aliphatic carbocycles. The monoisotopic (exact) mass is 150 g/mol. The van der Waals surface area contributed by atoms with Crippen LogP contribution in [0.25, 0.3) is 0 Å². The molecule has 0 N–H and O–H groups in total. The first-order chi connectivity index (χ1) is 4.31. The molecule has 0 aliphatic heterocycles. The van der Waals surface area contributed by atoms with Crippen molar-refractivity contribution in [3.8, 4) is 0 Å². The summed E-state index contributed by atoms with van der Waals surface area (Å²) in [5, 5.41) is 0. The fraction of sp³-hybridized carbons (Fsp3) is 1.00. The molecule has 0 saturated carbocycles. The van der Waals surface area contributed by atoms with Gasteiger partial charge in [-0.15, -0.1) is 11.6 Å². The molecule has 0 radical (unpaired) electrons. The molecule has 0 heterocycles. The molecule has 0 aromatic carbocycles. The van der Waals surface area contributed by atoms with E-state index in [0.29, 0.717) is 18.4 Å². The number of ether oxygens (including phenoxy) is 1. The highest BCUT2D eigenvalue weighted by molar-refractivity contribution is 6.17. The highest BCUT2D eigenvalue weighted by atomic mass is 35.5. The van der Waals surface area contributed by atoms with Crippen LogP contribution in [0.5, 0.6) is 0 Å². The highest BCUT2D eigenvalue weighted by Crippen LogP contribution is 1.99. The Labute approximate surface area is 62.3 Å². The molecule has 2 heteroatoms. The second-order valence-corrected chi connectivity index (χ2v) is 2.66. The van der Waals surface area contributed by atoms with Gasteiger partial charge >= 0.3 is 0 Å². The van der Waals surface area contributed by atoms with Crippen LogP contribution in [0.3, 0.4) is 0 Å². The Morgan fingerprint density at radius 3 is 2.67 bits per heavy atom. The van der Waals surface area contributed by atoms with Gasteiger partial charge < -0.3 is 4.74 Å². The van der Waals surface area contributed by atoms with Crippen LogP contribution in [-0.2, 0) is 4.74 Å². The topological polar surface area (TPSA) is 9.23 Å². The van der Waals surface area contributed by atoms with E-state index in [9.17, 15) is 0 Å². The minimum Gasteiger partial charge on any atom is -0.380 e. The predicted octanol–water partition coefficient (Wildman–Crippen LogP) is 2.29. The number of rotatable bonds is 5. The van der Waals surface area contributed by atoms with Gasteiger partial charge in [0.1, 0.15) is 0 Å². The van der Waals surface area contributed by atoms with Gasteiger partial charge in [-0.1, -0.05) is 20.3 Å². The van der Waals surface area contributed by atoms with E-state index in [2.05, 4.69) is 13.8 Å². The number of alkyl halides is 1.